The monoisotopic (exact) mass is 259 g/mol. The van der Waals surface area contributed by atoms with Crippen molar-refractivity contribution in [2.24, 2.45) is 5.73 Å². The molecule has 3 heteroatoms. The summed E-state index contributed by atoms with van der Waals surface area (Å²) in [6.45, 7) is 4.80. The number of ether oxygens (including phenoxy) is 1. The average Bonchev–Trinajstić information content (AvgIpc) is 2.40. The zero-order valence-electron chi connectivity index (χ0n) is 11.2. The van der Waals surface area contributed by atoms with Gasteiger partial charge in [0.2, 0.25) is 0 Å². The Hall–Kier alpha value is -1.87. The molecule has 19 heavy (non-hydrogen) atoms. The molecule has 0 radical (unpaired) electrons. The van der Waals surface area contributed by atoms with Crippen molar-refractivity contribution in [3.8, 4) is 5.75 Å². The molecular formula is C16H18FNO. The summed E-state index contributed by atoms with van der Waals surface area (Å²) in [5.74, 6) is -0.0378. The van der Waals surface area contributed by atoms with E-state index in [0.29, 0.717) is 18.9 Å². The molecule has 100 valence electrons. The van der Waals surface area contributed by atoms with Gasteiger partial charge < -0.3 is 10.5 Å². The standard InChI is InChI=1S/C16H18FNO/c1-11-3-6-15(17)16(7-11)19-10-14-5-4-13(9-18)8-12(14)2/h3-8H,9-10,18H2,1-2H3. The highest BCUT2D eigenvalue weighted by Crippen LogP contribution is 2.20. The minimum absolute atomic E-state index is 0.294. The molecule has 2 aromatic rings. The van der Waals surface area contributed by atoms with Crippen molar-refractivity contribution >= 4 is 0 Å². The van der Waals surface area contributed by atoms with Crippen molar-refractivity contribution in [1.29, 1.82) is 0 Å². The number of benzene rings is 2. The lowest BCUT2D eigenvalue weighted by molar-refractivity contribution is 0.289. The van der Waals surface area contributed by atoms with Crippen molar-refractivity contribution in [2.75, 3.05) is 0 Å². The van der Waals surface area contributed by atoms with Gasteiger partial charge in [-0.3, -0.25) is 0 Å². The highest BCUT2D eigenvalue weighted by molar-refractivity contribution is 5.33. The Balaban J connectivity index is 2.12. The summed E-state index contributed by atoms with van der Waals surface area (Å²) >= 11 is 0. The fraction of sp³-hybridized carbons (Fsp3) is 0.250. The molecule has 0 aromatic heterocycles. The second kappa shape index (κ2) is 5.85. The third-order valence-electron chi connectivity index (χ3n) is 3.11. The molecule has 0 spiro atoms. The molecule has 0 heterocycles. The minimum Gasteiger partial charge on any atom is -0.486 e. The van der Waals surface area contributed by atoms with E-state index in [1.165, 1.54) is 6.07 Å². The molecule has 0 bridgehead atoms. The summed E-state index contributed by atoms with van der Waals surface area (Å²) in [4.78, 5) is 0. The van der Waals surface area contributed by atoms with Crippen molar-refractivity contribution in [2.45, 2.75) is 27.0 Å². The van der Waals surface area contributed by atoms with E-state index in [0.717, 1.165) is 22.3 Å². The first-order chi connectivity index (χ1) is 9.10. The van der Waals surface area contributed by atoms with Gasteiger partial charge in [0, 0.05) is 6.54 Å². The average molecular weight is 259 g/mol. The van der Waals surface area contributed by atoms with Crippen LogP contribution < -0.4 is 10.5 Å². The lowest BCUT2D eigenvalue weighted by Gasteiger charge is -2.11. The first kappa shape index (κ1) is 13.6. The van der Waals surface area contributed by atoms with Gasteiger partial charge in [0.25, 0.3) is 0 Å². The molecule has 0 atom stereocenters. The Labute approximate surface area is 113 Å². The van der Waals surface area contributed by atoms with Gasteiger partial charge >= 0.3 is 0 Å². The molecule has 2 rings (SSSR count). The third kappa shape index (κ3) is 3.32. The number of hydrogen-bond donors (Lipinski definition) is 1. The minimum atomic E-state index is -0.332. The van der Waals surface area contributed by atoms with E-state index in [4.69, 9.17) is 10.5 Å². The molecule has 2 N–H and O–H groups in total. The van der Waals surface area contributed by atoms with Crippen molar-refractivity contribution < 1.29 is 9.13 Å². The van der Waals surface area contributed by atoms with Gasteiger partial charge in [-0.15, -0.1) is 0 Å². The fourth-order valence-electron chi connectivity index (χ4n) is 1.92. The maximum absolute atomic E-state index is 13.6. The van der Waals surface area contributed by atoms with Crippen LogP contribution in [0.5, 0.6) is 5.75 Å². The highest BCUT2D eigenvalue weighted by atomic mass is 19.1. The number of nitrogens with two attached hydrogens (primary N) is 1. The molecule has 0 aliphatic rings. The SMILES string of the molecule is Cc1ccc(F)c(OCc2ccc(CN)cc2C)c1. The molecule has 0 fully saturated rings. The predicted molar refractivity (Wildman–Crippen MR) is 74.5 cm³/mol. The molecule has 0 amide bonds. The van der Waals surface area contributed by atoms with Crippen LogP contribution in [0.2, 0.25) is 0 Å². The Bertz CT molecular complexity index is 581. The number of halogens is 1. The Morgan fingerprint density at radius 1 is 1.11 bits per heavy atom. The van der Waals surface area contributed by atoms with Crippen LogP contribution in [-0.2, 0) is 13.2 Å². The second-order valence-electron chi connectivity index (χ2n) is 4.69. The molecule has 2 nitrogen and oxygen atoms in total. The number of rotatable bonds is 4. The van der Waals surface area contributed by atoms with Crippen LogP contribution in [0.3, 0.4) is 0 Å². The Morgan fingerprint density at radius 3 is 2.58 bits per heavy atom. The topological polar surface area (TPSA) is 35.2 Å². The summed E-state index contributed by atoms with van der Waals surface area (Å²) in [6, 6.07) is 10.8. The molecule has 0 saturated heterocycles. The van der Waals surface area contributed by atoms with E-state index < -0.39 is 0 Å². The lowest BCUT2D eigenvalue weighted by Crippen LogP contribution is -2.02. The third-order valence-corrected chi connectivity index (χ3v) is 3.11. The molecule has 0 aliphatic carbocycles. The van der Waals surface area contributed by atoms with Gasteiger partial charge in [0.05, 0.1) is 0 Å². The molecular weight excluding hydrogens is 241 g/mol. The van der Waals surface area contributed by atoms with Crippen LogP contribution in [0.25, 0.3) is 0 Å². The summed E-state index contributed by atoms with van der Waals surface area (Å²) in [5, 5.41) is 0. The molecule has 0 saturated carbocycles. The fourth-order valence-corrected chi connectivity index (χ4v) is 1.92. The van der Waals surface area contributed by atoms with E-state index >= 15 is 0 Å². The van der Waals surface area contributed by atoms with Gasteiger partial charge in [0.15, 0.2) is 11.6 Å². The van der Waals surface area contributed by atoms with E-state index in [2.05, 4.69) is 0 Å². The first-order valence-electron chi connectivity index (χ1n) is 6.27. The number of aryl methyl sites for hydroxylation is 2. The van der Waals surface area contributed by atoms with Crippen molar-refractivity contribution in [3.05, 3.63) is 64.5 Å². The van der Waals surface area contributed by atoms with E-state index in [1.807, 2.05) is 32.0 Å². The van der Waals surface area contributed by atoms with Crippen LogP contribution >= 0.6 is 0 Å². The normalized spacial score (nSPS) is 10.5. The first-order valence-corrected chi connectivity index (χ1v) is 6.27. The number of hydrogen-bond acceptors (Lipinski definition) is 2. The van der Waals surface area contributed by atoms with Crippen LogP contribution in [0.15, 0.2) is 36.4 Å². The zero-order chi connectivity index (χ0) is 13.8. The van der Waals surface area contributed by atoms with Crippen LogP contribution in [0.1, 0.15) is 22.3 Å². The van der Waals surface area contributed by atoms with Crippen LogP contribution in [-0.4, -0.2) is 0 Å². The van der Waals surface area contributed by atoms with Crippen LogP contribution in [0, 0.1) is 19.7 Å². The van der Waals surface area contributed by atoms with E-state index in [9.17, 15) is 4.39 Å². The summed E-state index contributed by atoms with van der Waals surface area (Å²) in [7, 11) is 0. The van der Waals surface area contributed by atoms with E-state index in [1.54, 1.807) is 12.1 Å². The van der Waals surface area contributed by atoms with E-state index in [-0.39, 0.29) is 5.82 Å². The summed E-state index contributed by atoms with van der Waals surface area (Å²) in [6.07, 6.45) is 0. The zero-order valence-corrected chi connectivity index (χ0v) is 11.2. The van der Waals surface area contributed by atoms with Crippen molar-refractivity contribution in [1.82, 2.24) is 0 Å². The van der Waals surface area contributed by atoms with Gasteiger partial charge in [-0.2, -0.15) is 0 Å². The molecule has 0 aliphatic heterocycles. The molecule has 0 unspecified atom stereocenters. The summed E-state index contributed by atoms with van der Waals surface area (Å²) in [5.41, 5.74) is 9.80. The molecule has 2 aromatic carbocycles. The Kier molecular flexibility index (Phi) is 4.17. The highest BCUT2D eigenvalue weighted by Gasteiger charge is 2.05. The van der Waals surface area contributed by atoms with Gasteiger partial charge in [-0.25, -0.2) is 4.39 Å². The van der Waals surface area contributed by atoms with Crippen molar-refractivity contribution in [3.63, 3.8) is 0 Å². The summed E-state index contributed by atoms with van der Waals surface area (Å²) < 4.78 is 19.1. The smallest absolute Gasteiger partial charge is 0.165 e. The lowest BCUT2D eigenvalue weighted by atomic mass is 10.1. The van der Waals surface area contributed by atoms with Gasteiger partial charge in [-0.1, -0.05) is 24.3 Å². The maximum atomic E-state index is 13.6. The Morgan fingerprint density at radius 2 is 1.89 bits per heavy atom. The largest absolute Gasteiger partial charge is 0.486 e. The maximum Gasteiger partial charge on any atom is 0.165 e. The predicted octanol–water partition coefficient (Wildman–Crippen LogP) is 3.48. The quantitative estimate of drug-likeness (QED) is 0.912. The van der Waals surface area contributed by atoms with Gasteiger partial charge in [0.1, 0.15) is 6.61 Å². The second-order valence-corrected chi connectivity index (χ2v) is 4.69. The van der Waals surface area contributed by atoms with Gasteiger partial charge in [-0.05, 0) is 48.2 Å². The van der Waals surface area contributed by atoms with Crippen LogP contribution in [0.4, 0.5) is 4.39 Å².